The fourth-order valence-electron chi connectivity index (χ4n) is 2.26. The molecule has 1 aromatic carbocycles. The smallest absolute Gasteiger partial charge is 0.231 e. The van der Waals surface area contributed by atoms with Crippen LogP contribution in [0.5, 0.6) is 11.5 Å². The Bertz CT molecular complexity index is 872. The third-order valence-electron chi connectivity index (χ3n) is 3.28. The number of ether oxygens (including phenoxy) is 2. The van der Waals surface area contributed by atoms with Gasteiger partial charge in [-0.05, 0) is 30.3 Å². The molecule has 0 saturated carbocycles. The second-order valence-electron chi connectivity index (χ2n) is 4.64. The lowest BCUT2D eigenvalue weighted by Crippen LogP contribution is -2.01. The molecule has 3 heterocycles. The number of nitrogens with zero attached hydrogens (tertiary/aromatic N) is 2. The number of hydrogen-bond acceptors (Lipinski definition) is 4. The van der Waals surface area contributed by atoms with Crippen molar-refractivity contribution in [3.63, 3.8) is 0 Å². The fraction of sp³-hybridized carbons (Fsp3) is 0.0667. The lowest BCUT2D eigenvalue weighted by molar-refractivity contribution is 0.103. The lowest BCUT2D eigenvalue weighted by Gasteiger charge is -1.99. The second-order valence-corrected chi connectivity index (χ2v) is 5.07. The third-order valence-corrected chi connectivity index (χ3v) is 3.51. The van der Waals surface area contributed by atoms with E-state index in [0.717, 1.165) is 0 Å². The van der Waals surface area contributed by atoms with Crippen LogP contribution < -0.4 is 9.47 Å². The Kier molecular flexibility index (Phi) is 2.62. The van der Waals surface area contributed by atoms with Crippen LogP contribution in [0.25, 0.3) is 5.65 Å². The zero-order chi connectivity index (χ0) is 14.4. The van der Waals surface area contributed by atoms with Crippen LogP contribution in [-0.2, 0) is 0 Å². The number of benzene rings is 1. The molecule has 104 valence electrons. The molecule has 0 amide bonds. The minimum atomic E-state index is -0.173. The van der Waals surface area contributed by atoms with E-state index >= 15 is 0 Å². The van der Waals surface area contributed by atoms with Crippen LogP contribution in [0.3, 0.4) is 0 Å². The molecular weight excluding hydrogens is 292 g/mol. The Morgan fingerprint density at radius 2 is 2.00 bits per heavy atom. The molecule has 1 aliphatic rings. The highest BCUT2D eigenvalue weighted by Gasteiger charge is 2.19. The number of aromatic nitrogens is 2. The van der Waals surface area contributed by atoms with Gasteiger partial charge in [0.1, 0.15) is 11.3 Å². The van der Waals surface area contributed by atoms with Crippen LogP contribution in [0, 0.1) is 0 Å². The molecule has 5 nitrogen and oxygen atoms in total. The Morgan fingerprint density at radius 3 is 2.90 bits per heavy atom. The van der Waals surface area contributed by atoms with Gasteiger partial charge in [0, 0.05) is 18.0 Å². The van der Waals surface area contributed by atoms with Gasteiger partial charge in [-0.3, -0.25) is 4.79 Å². The summed E-state index contributed by atoms with van der Waals surface area (Å²) in [6.45, 7) is 0.180. The number of fused-ring (bicyclic) bond motifs is 2. The summed E-state index contributed by atoms with van der Waals surface area (Å²) in [5.41, 5.74) is 1.54. The maximum Gasteiger partial charge on any atom is 0.231 e. The van der Waals surface area contributed by atoms with Crippen molar-refractivity contribution in [2.75, 3.05) is 6.79 Å². The van der Waals surface area contributed by atoms with Crippen molar-refractivity contribution in [3.05, 3.63) is 59.0 Å². The van der Waals surface area contributed by atoms with Gasteiger partial charge >= 0.3 is 0 Å². The maximum atomic E-state index is 12.5. The third kappa shape index (κ3) is 2.02. The monoisotopic (exact) mass is 300 g/mol. The number of carbonyl (C=O) groups is 1. The summed E-state index contributed by atoms with van der Waals surface area (Å²) in [5, 5.41) is 0.585. The summed E-state index contributed by atoms with van der Waals surface area (Å²) in [6, 6.07) is 8.59. The molecule has 3 aromatic rings. The predicted octanol–water partition coefficient (Wildman–Crippen LogP) is 2.95. The normalized spacial score (nSPS) is 12.8. The van der Waals surface area contributed by atoms with E-state index in [1.807, 2.05) is 0 Å². The molecule has 0 unspecified atom stereocenters. The van der Waals surface area contributed by atoms with Gasteiger partial charge in [-0.15, -0.1) is 0 Å². The zero-order valence-electron chi connectivity index (χ0n) is 10.7. The van der Waals surface area contributed by atoms with Crippen LogP contribution in [0.2, 0.25) is 5.02 Å². The average Bonchev–Trinajstić information content (AvgIpc) is 3.11. The van der Waals surface area contributed by atoms with Crippen LogP contribution in [0.4, 0.5) is 0 Å². The van der Waals surface area contributed by atoms with Gasteiger partial charge in [0.25, 0.3) is 0 Å². The molecule has 1 aliphatic heterocycles. The average molecular weight is 301 g/mol. The van der Waals surface area contributed by atoms with E-state index in [9.17, 15) is 4.79 Å². The van der Waals surface area contributed by atoms with Gasteiger partial charge in [0.2, 0.25) is 12.6 Å². The summed E-state index contributed by atoms with van der Waals surface area (Å²) < 4.78 is 12.2. The van der Waals surface area contributed by atoms with Crippen LogP contribution >= 0.6 is 11.6 Å². The first-order chi connectivity index (χ1) is 10.2. The van der Waals surface area contributed by atoms with Crippen molar-refractivity contribution in [3.8, 4) is 11.5 Å². The summed E-state index contributed by atoms with van der Waals surface area (Å²) in [6.07, 6.45) is 3.37. The Morgan fingerprint density at radius 1 is 1.14 bits per heavy atom. The zero-order valence-corrected chi connectivity index (χ0v) is 11.5. The lowest BCUT2D eigenvalue weighted by atomic mass is 10.1. The van der Waals surface area contributed by atoms with E-state index in [1.165, 1.54) is 0 Å². The second kappa shape index (κ2) is 4.49. The Balaban J connectivity index is 1.75. The first-order valence-corrected chi connectivity index (χ1v) is 6.67. The standard InChI is InChI=1S/C15H9ClN2O3/c16-10-2-4-14-17-11(7-18(14)6-10)15(19)9-1-3-12-13(5-9)21-8-20-12/h1-7H,8H2. The quantitative estimate of drug-likeness (QED) is 0.683. The molecule has 0 atom stereocenters. The fourth-order valence-corrected chi connectivity index (χ4v) is 2.43. The maximum absolute atomic E-state index is 12.5. The molecule has 0 saturated heterocycles. The SMILES string of the molecule is O=C(c1ccc2c(c1)OCO2)c1cn2cc(Cl)ccc2n1. The number of ketones is 1. The molecule has 21 heavy (non-hydrogen) atoms. The molecule has 0 aliphatic carbocycles. The minimum Gasteiger partial charge on any atom is -0.454 e. The van der Waals surface area contributed by atoms with Crippen molar-refractivity contribution < 1.29 is 14.3 Å². The van der Waals surface area contributed by atoms with Crippen LogP contribution in [0.1, 0.15) is 16.1 Å². The summed E-state index contributed by atoms with van der Waals surface area (Å²) in [5.74, 6) is 1.05. The number of imidazole rings is 1. The largest absolute Gasteiger partial charge is 0.454 e. The molecule has 0 N–H and O–H groups in total. The molecule has 0 bridgehead atoms. The molecule has 2 aromatic heterocycles. The highest BCUT2D eigenvalue weighted by atomic mass is 35.5. The number of pyridine rings is 1. The van der Waals surface area contributed by atoms with Gasteiger partial charge in [0.05, 0.1) is 5.02 Å². The van der Waals surface area contributed by atoms with Gasteiger partial charge < -0.3 is 13.9 Å². The van der Waals surface area contributed by atoms with E-state index in [-0.39, 0.29) is 12.6 Å². The number of hydrogen-bond donors (Lipinski definition) is 0. The first kappa shape index (κ1) is 12.2. The number of carbonyl (C=O) groups excluding carboxylic acids is 1. The summed E-state index contributed by atoms with van der Waals surface area (Å²) in [7, 11) is 0. The molecular formula is C15H9ClN2O3. The minimum absolute atomic E-state index is 0.173. The van der Waals surface area contributed by atoms with Crippen molar-refractivity contribution in [2.24, 2.45) is 0 Å². The van der Waals surface area contributed by atoms with E-state index in [0.29, 0.717) is 33.4 Å². The van der Waals surface area contributed by atoms with Crippen molar-refractivity contribution >= 4 is 23.0 Å². The van der Waals surface area contributed by atoms with E-state index in [1.54, 1.807) is 47.1 Å². The number of rotatable bonds is 2. The van der Waals surface area contributed by atoms with Gasteiger partial charge in [-0.25, -0.2) is 4.98 Å². The molecule has 0 fully saturated rings. The van der Waals surface area contributed by atoms with E-state index in [2.05, 4.69) is 4.98 Å². The predicted molar refractivity (Wildman–Crippen MR) is 76.2 cm³/mol. The van der Waals surface area contributed by atoms with Crippen molar-refractivity contribution in [2.45, 2.75) is 0 Å². The van der Waals surface area contributed by atoms with Crippen molar-refractivity contribution in [1.29, 1.82) is 0 Å². The molecule has 6 heteroatoms. The molecule has 0 radical (unpaired) electrons. The van der Waals surface area contributed by atoms with Gasteiger partial charge in [-0.2, -0.15) is 0 Å². The molecule has 0 spiro atoms. The highest BCUT2D eigenvalue weighted by molar-refractivity contribution is 6.30. The summed E-state index contributed by atoms with van der Waals surface area (Å²) in [4.78, 5) is 16.8. The Labute approximate surface area is 124 Å². The topological polar surface area (TPSA) is 52.8 Å². The Hall–Kier alpha value is -2.53. The van der Waals surface area contributed by atoms with Gasteiger partial charge in [0.15, 0.2) is 11.5 Å². The molecule has 4 rings (SSSR count). The van der Waals surface area contributed by atoms with Crippen molar-refractivity contribution in [1.82, 2.24) is 9.38 Å². The van der Waals surface area contributed by atoms with Crippen LogP contribution in [0.15, 0.2) is 42.7 Å². The van der Waals surface area contributed by atoms with Gasteiger partial charge in [-0.1, -0.05) is 11.6 Å². The van der Waals surface area contributed by atoms with Crippen LogP contribution in [-0.4, -0.2) is 22.0 Å². The highest BCUT2D eigenvalue weighted by Crippen LogP contribution is 2.33. The number of halogens is 1. The first-order valence-electron chi connectivity index (χ1n) is 6.29. The van der Waals surface area contributed by atoms with E-state index < -0.39 is 0 Å². The van der Waals surface area contributed by atoms with E-state index in [4.69, 9.17) is 21.1 Å². The summed E-state index contributed by atoms with van der Waals surface area (Å²) >= 11 is 5.92.